The van der Waals surface area contributed by atoms with Crippen molar-refractivity contribution in [3.8, 4) is 33.3 Å². The molecule has 0 bridgehead atoms. The van der Waals surface area contributed by atoms with Gasteiger partial charge in [-0.2, -0.15) is 5.10 Å². The molecule has 0 amide bonds. The van der Waals surface area contributed by atoms with Crippen LogP contribution in [0.15, 0.2) is 54.3 Å². The molecule has 0 saturated heterocycles. The number of rotatable bonds is 3. The van der Waals surface area contributed by atoms with Gasteiger partial charge < -0.3 is 9.55 Å². The highest BCUT2D eigenvalue weighted by atomic mass is 32.1. The minimum Gasteiger partial charge on any atom is -0.353 e. The molecule has 7 nitrogen and oxygen atoms in total. The number of aromatic amines is 2. The van der Waals surface area contributed by atoms with Crippen LogP contribution < -0.4 is 0 Å². The first-order valence-electron chi connectivity index (χ1n) is 9.54. The molecule has 0 saturated carbocycles. The first kappa shape index (κ1) is 17.1. The monoisotopic (exact) mass is 411 g/mol. The van der Waals surface area contributed by atoms with Gasteiger partial charge in [-0.15, -0.1) is 11.3 Å². The van der Waals surface area contributed by atoms with Crippen LogP contribution in [0.2, 0.25) is 0 Å². The highest BCUT2D eigenvalue weighted by Crippen LogP contribution is 2.35. The number of aromatic nitrogens is 7. The number of fused-ring (bicyclic) bond motifs is 2. The molecule has 0 unspecified atom stereocenters. The molecule has 146 valence electrons. The van der Waals surface area contributed by atoms with Crippen molar-refractivity contribution in [1.29, 1.82) is 0 Å². The number of aryl methyl sites for hydroxylation is 1. The van der Waals surface area contributed by atoms with Gasteiger partial charge in [0.1, 0.15) is 11.5 Å². The minimum absolute atomic E-state index is 0.862. The molecule has 0 fully saturated rings. The largest absolute Gasteiger partial charge is 0.353 e. The van der Waals surface area contributed by atoms with Crippen LogP contribution >= 0.6 is 11.3 Å². The molecule has 6 aromatic heterocycles. The fraction of sp³-hybridized carbons (Fsp3) is 0.0909. The number of nitrogens with zero attached hydrogens (tertiary/aromatic N) is 5. The summed E-state index contributed by atoms with van der Waals surface area (Å²) in [4.78, 5) is 18.3. The summed E-state index contributed by atoms with van der Waals surface area (Å²) in [5.74, 6) is 0.948. The van der Waals surface area contributed by atoms with Crippen LogP contribution in [-0.4, -0.2) is 34.7 Å². The molecule has 0 aliphatic carbocycles. The third-order valence-corrected chi connectivity index (χ3v) is 6.36. The van der Waals surface area contributed by atoms with Crippen LogP contribution in [0.1, 0.15) is 5.82 Å². The molecule has 2 N–H and O–H groups in total. The van der Waals surface area contributed by atoms with Gasteiger partial charge in [-0.05, 0) is 36.6 Å². The lowest BCUT2D eigenvalue weighted by atomic mass is 10.1. The van der Waals surface area contributed by atoms with Gasteiger partial charge in [0.15, 0.2) is 0 Å². The van der Waals surface area contributed by atoms with Crippen molar-refractivity contribution in [2.24, 2.45) is 7.05 Å². The van der Waals surface area contributed by atoms with Gasteiger partial charge in [0.05, 0.1) is 45.6 Å². The van der Waals surface area contributed by atoms with E-state index in [1.165, 1.54) is 0 Å². The van der Waals surface area contributed by atoms with Crippen LogP contribution in [-0.2, 0) is 7.05 Å². The predicted octanol–water partition coefficient (Wildman–Crippen LogP) is 4.94. The van der Waals surface area contributed by atoms with Crippen molar-refractivity contribution < 1.29 is 0 Å². The average Bonchev–Trinajstić information content (AvgIpc) is 3.54. The van der Waals surface area contributed by atoms with Crippen LogP contribution in [0.3, 0.4) is 0 Å². The topological polar surface area (TPSA) is 88.1 Å². The molecule has 6 rings (SSSR count). The number of nitrogens with one attached hydrogen (secondary N) is 2. The standard InChI is InChI=1S/C22H17N7S/c1-12-24-11-19(29(12)2)16-8-14-18(10-25-16)27-28-21(14)17-9-13-15(26-17)5-6-23-22(13)20-4-3-7-30-20/h3-11,26H,1-2H3,(H,27,28). The zero-order chi connectivity index (χ0) is 20.2. The Labute approximate surface area is 175 Å². The van der Waals surface area contributed by atoms with Crippen molar-refractivity contribution in [2.45, 2.75) is 6.92 Å². The first-order chi connectivity index (χ1) is 14.7. The average molecular weight is 411 g/mol. The lowest BCUT2D eigenvalue weighted by Crippen LogP contribution is -1.95. The second kappa shape index (κ2) is 6.36. The normalized spacial score (nSPS) is 11.7. The highest BCUT2D eigenvalue weighted by molar-refractivity contribution is 7.13. The van der Waals surface area contributed by atoms with E-state index in [-0.39, 0.29) is 0 Å². The third kappa shape index (κ3) is 2.50. The molecule has 8 heteroatoms. The Morgan fingerprint density at radius 3 is 2.67 bits per heavy atom. The summed E-state index contributed by atoms with van der Waals surface area (Å²) in [6.07, 6.45) is 5.52. The van der Waals surface area contributed by atoms with E-state index in [9.17, 15) is 0 Å². The maximum Gasteiger partial charge on any atom is 0.116 e. The van der Waals surface area contributed by atoms with E-state index >= 15 is 0 Å². The smallest absolute Gasteiger partial charge is 0.116 e. The van der Waals surface area contributed by atoms with Crippen molar-refractivity contribution in [1.82, 2.24) is 34.7 Å². The molecule has 30 heavy (non-hydrogen) atoms. The summed E-state index contributed by atoms with van der Waals surface area (Å²) in [7, 11) is 2.00. The van der Waals surface area contributed by atoms with Crippen LogP contribution in [0.25, 0.3) is 55.2 Å². The summed E-state index contributed by atoms with van der Waals surface area (Å²) in [6.45, 7) is 1.98. The van der Waals surface area contributed by atoms with Gasteiger partial charge in [0, 0.05) is 29.5 Å². The SMILES string of the molecule is Cc1ncc(-c2cc3c(-c4cc5c(-c6cccs6)nccc5[nH]4)n[nH]c3cn2)n1C. The second-order valence-electron chi connectivity index (χ2n) is 7.22. The van der Waals surface area contributed by atoms with Crippen molar-refractivity contribution in [2.75, 3.05) is 0 Å². The Balaban J connectivity index is 1.53. The van der Waals surface area contributed by atoms with E-state index in [1.807, 2.05) is 49.3 Å². The molecule has 6 heterocycles. The Kier molecular flexibility index (Phi) is 3.63. The Bertz CT molecular complexity index is 1520. The van der Waals surface area contributed by atoms with Gasteiger partial charge in [-0.3, -0.25) is 15.1 Å². The van der Waals surface area contributed by atoms with E-state index in [0.29, 0.717) is 0 Å². The lowest BCUT2D eigenvalue weighted by Gasteiger charge is -2.03. The van der Waals surface area contributed by atoms with E-state index in [0.717, 1.165) is 61.0 Å². The van der Waals surface area contributed by atoms with E-state index in [1.54, 1.807) is 11.3 Å². The quantitative estimate of drug-likeness (QED) is 0.432. The minimum atomic E-state index is 0.862. The molecular weight excluding hydrogens is 394 g/mol. The number of hydrogen-bond acceptors (Lipinski definition) is 5. The van der Waals surface area contributed by atoms with E-state index in [2.05, 4.69) is 53.7 Å². The highest BCUT2D eigenvalue weighted by Gasteiger charge is 2.16. The fourth-order valence-corrected chi connectivity index (χ4v) is 4.53. The van der Waals surface area contributed by atoms with Gasteiger partial charge in [-0.1, -0.05) is 6.07 Å². The summed E-state index contributed by atoms with van der Waals surface area (Å²) < 4.78 is 2.04. The lowest BCUT2D eigenvalue weighted by molar-refractivity contribution is 0.862. The van der Waals surface area contributed by atoms with Gasteiger partial charge in [-0.25, -0.2) is 4.98 Å². The molecule has 0 aromatic carbocycles. The molecule has 0 spiro atoms. The zero-order valence-electron chi connectivity index (χ0n) is 16.3. The van der Waals surface area contributed by atoms with Crippen LogP contribution in [0.4, 0.5) is 0 Å². The molecule has 0 aliphatic heterocycles. The van der Waals surface area contributed by atoms with Crippen molar-refractivity contribution in [3.63, 3.8) is 0 Å². The molecule has 0 aliphatic rings. The number of H-pyrrole nitrogens is 2. The van der Waals surface area contributed by atoms with E-state index < -0.39 is 0 Å². The molecule has 0 atom stereocenters. The maximum atomic E-state index is 4.61. The number of thiophene rings is 1. The van der Waals surface area contributed by atoms with E-state index in [4.69, 9.17) is 0 Å². The number of hydrogen-bond donors (Lipinski definition) is 2. The number of imidazole rings is 1. The summed E-state index contributed by atoms with van der Waals surface area (Å²) >= 11 is 1.69. The molecule has 6 aromatic rings. The van der Waals surface area contributed by atoms with Crippen molar-refractivity contribution in [3.05, 3.63) is 60.1 Å². The van der Waals surface area contributed by atoms with Crippen LogP contribution in [0.5, 0.6) is 0 Å². The maximum absolute atomic E-state index is 4.61. The first-order valence-corrected chi connectivity index (χ1v) is 10.4. The Hall–Kier alpha value is -3.78. The van der Waals surface area contributed by atoms with Gasteiger partial charge >= 0.3 is 0 Å². The van der Waals surface area contributed by atoms with Gasteiger partial charge in [0.25, 0.3) is 0 Å². The predicted molar refractivity (Wildman–Crippen MR) is 119 cm³/mol. The summed E-state index contributed by atoms with van der Waals surface area (Å²) in [6, 6.07) is 10.3. The fourth-order valence-electron chi connectivity index (χ4n) is 3.79. The summed E-state index contributed by atoms with van der Waals surface area (Å²) in [5, 5.41) is 11.8. The zero-order valence-corrected chi connectivity index (χ0v) is 17.2. The second-order valence-corrected chi connectivity index (χ2v) is 8.17. The Morgan fingerprint density at radius 1 is 0.967 bits per heavy atom. The van der Waals surface area contributed by atoms with Crippen LogP contribution in [0, 0.1) is 6.92 Å². The van der Waals surface area contributed by atoms with Crippen molar-refractivity contribution >= 4 is 33.1 Å². The summed E-state index contributed by atoms with van der Waals surface area (Å²) in [5.41, 5.74) is 6.56. The molecular formula is C22H17N7S. The van der Waals surface area contributed by atoms with Gasteiger partial charge in [0.2, 0.25) is 0 Å². The number of pyridine rings is 2. The Morgan fingerprint density at radius 2 is 1.87 bits per heavy atom. The third-order valence-electron chi connectivity index (χ3n) is 5.49. The molecule has 0 radical (unpaired) electrons.